The second kappa shape index (κ2) is 8.36. The molecule has 22 heavy (non-hydrogen) atoms. The molecule has 2 amide bonds. The van der Waals surface area contributed by atoms with Crippen LogP contribution in [0, 0.1) is 5.92 Å². The van der Waals surface area contributed by atoms with Gasteiger partial charge >= 0.3 is 6.03 Å². The highest BCUT2D eigenvalue weighted by molar-refractivity contribution is 6.30. The van der Waals surface area contributed by atoms with Gasteiger partial charge in [-0.15, -0.1) is 0 Å². The van der Waals surface area contributed by atoms with Crippen LogP contribution in [-0.4, -0.2) is 37.5 Å². The van der Waals surface area contributed by atoms with Crippen molar-refractivity contribution < 1.29 is 14.6 Å². The molecule has 0 radical (unpaired) electrons. The van der Waals surface area contributed by atoms with Gasteiger partial charge in [0.15, 0.2) is 0 Å². The minimum Gasteiger partial charge on any atom is -0.389 e. The Kier molecular flexibility index (Phi) is 6.49. The Balaban J connectivity index is 1.92. The van der Waals surface area contributed by atoms with Crippen molar-refractivity contribution in [2.24, 2.45) is 5.92 Å². The molecule has 0 bridgehead atoms. The van der Waals surface area contributed by atoms with Crippen molar-refractivity contribution in [3.05, 3.63) is 34.9 Å². The number of urea groups is 1. The second-order valence-electron chi connectivity index (χ2n) is 5.68. The van der Waals surface area contributed by atoms with Gasteiger partial charge in [-0.3, -0.25) is 0 Å². The number of hydrogen-bond acceptors (Lipinski definition) is 3. The molecule has 2 unspecified atom stereocenters. The van der Waals surface area contributed by atoms with E-state index in [2.05, 4.69) is 10.6 Å². The summed E-state index contributed by atoms with van der Waals surface area (Å²) in [7, 11) is 1.51. The van der Waals surface area contributed by atoms with Gasteiger partial charge in [-0.2, -0.15) is 0 Å². The maximum atomic E-state index is 12.0. The molecule has 0 aromatic heterocycles. The lowest BCUT2D eigenvalue weighted by Crippen LogP contribution is -2.44. The third kappa shape index (κ3) is 4.87. The molecule has 0 saturated heterocycles. The fraction of sp³-hybridized carbons (Fsp3) is 0.562. The molecular weight excluding hydrogens is 304 g/mol. The third-order valence-corrected chi connectivity index (χ3v) is 4.25. The molecule has 3 N–H and O–H groups in total. The first-order valence-corrected chi connectivity index (χ1v) is 7.94. The quantitative estimate of drug-likeness (QED) is 0.721. The largest absolute Gasteiger partial charge is 0.389 e. The van der Waals surface area contributed by atoms with E-state index in [1.807, 2.05) is 24.3 Å². The van der Waals surface area contributed by atoms with Crippen molar-refractivity contribution in [1.82, 2.24) is 10.6 Å². The Morgan fingerprint density at radius 1 is 1.41 bits per heavy atom. The van der Waals surface area contributed by atoms with E-state index in [-0.39, 0.29) is 25.2 Å². The topological polar surface area (TPSA) is 70.6 Å². The zero-order valence-corrected chi connectivity index (χ0v) is 13.5. The monoisotopic (exact) mass is 326 g/mol. The van der Waals surface area contributed by atoms with Gasteiger partial charge < -0.3 is 20.5 Å². The van der Waals surface area contributed by atoms with E-state index in [4.69, 9.17) is 16.3 Å². The second-order valence-corrected chi connectivity index (χ2v) is 6.12. The zero-order chi connectivity index (χ0) is 15.9. The number of aliphatic hydroxyl groups excluding tert-OH is 1. The molecule has 122 valence electrons. The highest BCUT2D eigenvalue weighted by Gasteiger charge is 2.29. The average molecular weight is 327 g/mol. The Labute approximate surface area is 136 Å². The summed E-state index contributed by atoms with van der Waals surface area (Å²) >= 11 is 5.92. The van der Waals surface area contributed by atoms with Crippen LogP contribution in [0.15, 0.2) is 24.3 Å². The predicted molar refractivity (Wildman–Crippen MR) is 86.0 cm³/mol. The Hall–Kier alpha value is -1.30. The molecule has 2 atom stereocenters. The number of carbonyl (C=O) groups is 1. The maximum Gasteiger partial charge on any atom is 0.315 e. The van der Waals surface area contributed by atoms with Crippen LogP contribution in [0.3, 0.4) is 0 Å². The van der Waals surface area contributed by atoms with E-state index < -0.39 is 6.10 Å². The Morgan fingerprint density at radius 3 is 2.64 bits per heavy atom. The van der Waals surface area contributed by atoms with E-state index in [9.17, 15) is 9.90 Å². The standard InChI is InChI=1S/C16H23ClN2O3/c1-22-10-14(20)9-18-16(21)19-15(11-3-2-4-11)12-5-7-13(17)8-6-12/h5-8,11,14-15,20H,2-4,9-10H2,1H3,(H2,18,19,21). The fourth-order valence-electron chi connectivity index (χ4n) is 2.57. The molecule has 1 aliphatic carbocycles. The predicted octanol–water partition coefficient (Wildman–Crippen LogP) is 2.49. The number of benzene rings is 1. The number of methoxy groups -OCH3 is 1. The molecule has 1 aromatic carbocycles. The average Bonchev–Trinajstić information content (AvgIpc) is 2.44. The van der Waals surface area contributed by atoms with E-state index in [0.717, 1.165) is 18.4 Å². The van der Waals surface area contributed by atoms with Crippen molar-refractivity contribution in [1.29, 1.82) is 0 Å². The summed E-state index contributed by atoms with van der Waals surface area (Å²) in [4.78, 5) is 12.0. The minimum atomic E-state index is -0.701. The number of amides is 2. The number of carbonyl (C=O) groups excluding carboxylic acids is 1. The highest BCUT2D eigenvalue weighted by Crippen LogP contribution is 2.37. The van der Waals surface area contributed by atoms with Crippen LogP contribution in [0.2, 0.25) is 5.02 Å². The van der Waals surface area contributed by atoms with Crippen molar-refractivity contribution in [3.63, 3.8) is 0 Å². The molecule has 0 aliphatic heterocycles. The van der Waals surface area contributed by atoms with Gasteiger partial charge in [-0.25, -0.2) is 4.79 Å². The lowest BCUT2D eigenvalue weighted by atomic mass is 9.77. The molecule has 1 fully saturated rings. The molecule has 0 heterocycles. The van der Waals surface area contributed by atoms with Crippen LogP contribution in [-0.2, 0) is 4.74 Å². The van der Waals surface area contributed by atoms with Gasteiger partial charge in [0, 0.05) is 18.7 Å². The first kappa shape index (κ1) is 17.1. The summed E-state index contributed by atoms with van der Waals surface area (Å²) < 4.78 is 4.83. The number of rotatable bonds is 7. The smallest absolute Gasteiger partial charge is 0.315 e. The summed E-state index contributed by atoms with van der Waals surface area (Å²) in [6.07, 6.45) is 2.72. The lowest BCUT2D eigenvalue weighted by molar-refractivity contribution is 0.0657. The molecule has 0 spiro atoms. The first-order valence-electron chi connectivity index (χ1n) is 7.57. The third-order valence-electron chi connectivity index (χ3n) is 3.99. The molecular formula is C16H23ClN2O3. The number of halogens is 1. The lowest BCUT2D eigenvalue weighted by Gasteiger charge is -2.34. The number of ether oxygens (including phenoxy) is 1. The highest BCUT2D eigenvalue weighted by atomic mass is 35.5. The van der Waals surface area contributed by atoms with Crippen LogP contribution >= 0.6 is 11.6 Å². The van der Waals surface area contributed by atoms with Gasteiger partial charge in [-0.1, -0.05) is 30.2 Å². The Bertz CT molecular complexity index is 477. The molecule has 1 saturated carbocycles. The van der Waals surface area contributed by atoms with E-state index in [1.54, 1.807) is 0 Å². The van der Waals surface area contributed by atoms with Crippen LogP contribution in [0.1, 0.15) is 30.9 Å². The molecule has 1 aliphatic rings. The first-order chi connectivity index (χ1) is 10.6. The summed E-state index contributed by atoms with van der Waals surface area (Å²) in [5, 5.41) is 15.9. The zero-order valence-electron chi connectivity index (χ0n) is 12.7. The normalized spacial score (nSPS) is 17.4. The number of aliphatic hydroxyl groups is 1. The molecule has 6 heteroatoms. The van der Waals surface area contributed by atoms with Gasteiger partial charge in [-0.05, 0) is 36.5 Å². The summed E-state index contributed by atoms with van der Waals surface area (Å²) in [5.41, 5.74) is 1.06. The van der Waals surface area contributed by atoms with E-state index in [1.165, 1.54) is 13.5 Å². The van der Waals surface area contributed by atoms with Crippen molar-refractivity contribution >= 4 is 17.6 Å². The fourth-order valence-corrected chi connectivity index (χ4v) is 2.70. The summed E-state index contributed by atoms with van der Waals surface area (Å²) in [6.45, 7) is 0.362. The van der Waals surface area contributed by atoms with Crippen molar-refractivity contribution in [2.45, 2.75) is 31.4 Å². The minimum absolute atomic E-state index is 0.0226. The van der Waals surface area contributed by atoms with Crippen LogP contribution in [0.25, 0.3) is 0 Å². The van der Waals surface area contributed by atoms with Gasteiger partial charge in [0.1, 0.15) is 0 Å². The number of nitrogens with one attached hydrogen (secondary N) is 2. The molecule has 5 nitrogen and oxygen atoms in total. The van der Waals surface area contributed by atoms with Gasteiger partial charge in [0.2, 0.25) is 0 Å². The summed E-state index contributed by atoms with van der Waals surface area (Å²) in [6, 6.07) is 7.28. The Morgan fingerprint density at radius 2 is 2.09 bits per heavy atom. The molecule has 1 aromatic rings. The van der Waals surface area contributed by atoms with Crippen LogP contribution in [0.4, 0.5) is 4.79 Å². The van der Waals surface area contributed by atoms with Gasteiger partial charge in [0.25, 0.3) is 0 Å². The van der Waals surface area contributed by atoms with Crippen LogP contribution in [0.5, 0.6) is 0 Å². The van der Waals surface area contributed by atoms with Gasteiger partial charge in [0.05, 0.1) is 18.8 Å². The molecule has 2 rings (SSSR count). The van der Waals surface area contributed by atoms with E-state index in [0.29, 0.717) is 10.9 Å². The summed E-state index contributed by atoms with van der Waals surface area (Å²) in [5.74, 6) is 0.454. The van der Waals surface area contributed by atoms with Crippen molar-refractivity contribution in [3.8, 4) is 0 Å². The van der Waals surface area contributed by atoms with E-state index >= 15 is 0 Å². The SMILES string of the molecule is COCC(O)CNC(=O)NC(c1ccc(Cl)cc1)C1CCC1. The van der Waals surface area contributed by atoms with Crippen molar-refractivity contribution in [2.75, 3.05) is 20.3 Å². The number of hydrogen-bond donors (Lipinski definition) is 3. The van der Waals surface area contributed by atoms with Crippen LogP contribution < -0.4 is 10.6 Å². The maximum absolute atomic E-state index is 12.0.